The lowest BCUT2D eigenvalue weighted by Gasteiger charge is -2.34. The van der Waals surface area contributed by atoms with Crippen LogP contribution in [-0.4, -0.2) is 49.0 Å². The molecule has 30 heavy (non-hydrogen) atoms. The van der Waals surface area contributed by atoms with Crippen LogP contribution < -0.4 is 10.6 Å². The van der Waals surface area contributed by atoms with E-state index < -0.39 is 0 Å². The maximum Gasteiger partial charge on any atom is 0.225 e. The zero-order chi connectivity index (χ0) is 21.2. The number of rotatable bonds is 8. The SMILES string of the molecule is CCNC(=NCCCc1ccc(C(C)C)cc1)NC1CCN(C(=O)C(C)C)CC1.I. The molecule has 0 unspecified atom stereocenters. The summed E-state index contributed by atoms with van der Waals surface area (Å²) >= 11 is 0. The molecule has 1 aliphatic rings. The number of nitrogens with zero attached hydrogens (tertiary/aromatic N) is 2. The fourth-order valence-corrected chi connectivity index (χ4v) is 3.67. The number of benzene rings is 1. The number of hydrogen-bond donors (Lipinski definition) is 2. The minimum atomic E-state index is 0. The molecule has 5 nitrogen and oxygen atoms in total. The molecule has 1 heterocycles. The van der Waals surface area contributed by atoms with Crippen molar-refractivity contribution in [3.8, 4) is 0 Å². The quantitative estimate of drug-likeness (QED) is 0.225. The van der Waals surface area contributed by atoms with E-state index in [1.165, 1.54) is 11.1 Å². The Morgan fingerprint density at radius 1 is 1.13 bits per heavy atom. The molecule has 0 aromatic heterocycles. The number of likely N-dealkylation sites (tertiary alicyclic amines) is 1. The fourth-order valence-electron chi connectivity index (χ4n) is 3.67. The van der Waals surface area contributed by atoms with Crippen molar-refractivity contribution in [2.45, 2.75) is 72.3 Å². The standard InChI is InChI=1S/C24H40N4O.HI/c1-6-25-24(27-22-13-16-28(17-14-22)23(29)19(4)5)26-15-7-8-20-9-11-21(12-10-20)18(2)3;/h9-12,18-19,22H,6-8,13-17H2,1-5H3,(H2,25,26,27);1H. The molecule has 0 radical (unpaired) electrons. The summed E-state index contributed by atoms with van der Waals surface area (Å²) in [5, 5.41) is 6.92. The molecule has 0 atom stereocenters. The summed E-state index contributed by atoms with van der Waals surface area (Å²) in [6.07, 6.45) is 4.05. The number of piperidine rings is 1. The van der Waals surface area contributed by atoms with E-state index in [4.69, 9.17) is 4.99 Å². The van der Waals surface area contributed by atoms with Gasteiger partial charge in [-0.25, -0.2) is 0 Å². The first-order valence-electron chi connectivity index (χ1n) is 11.3. The van der Waals surface area contributed by atoms with Crippen LogP contribution in [0, 0.1) is 5.92 Å². The van der Waals surface area contributed by atoms with Crippen molar-refractivity contribution < 1.29 is 4.79 Å². The Morgan fingerprint density at radius 3 is 2.30 bits per heavy atom. The van der Waals surface area contributed by atoms with Crippen molar-refractivity contribution in [2.75, 3.05) is 26.2 Å². The number of carbonyl (C=O) groups is 1. The first-order valence-corrected chi connectivity index (χ1v) is 11.3. The van der Waals surface area contributed by atoms with Crippen LogP contribution in [0.5, 0.6) is 0 Å². The van der Waals surface area contributed by atoms with Gasteiger partial charge in [0.25, 0.3) is 0 Å². The van der Waals surface area contributed by atoms with E-state index in [1.54, 1.807) is 0 Å². The summed E-state index contributed by atoms with van der Waals surface area (Å²) in [4.78, 5) is 18.9. The second-order valence-corrected chi connectivity index (χ2v) is 8.66. The van der Waals surface area contributed by atoms with Gasteiger partial charge in [-0.2, -0.15) is 0 Å². The lowest BCUT2D eigenvalue weighted by Crippen LogP contribution is -2.50. The van der Waals surface area contributed by atoms with Gasteiger partial charge in [-0.3, -0.25) is 9.79 Å². The Balaban J connectivity index is 0.00000450. The third kappa shape index (κ3) is 8.82. The van der Waals surface area contributed by atoms with E-state index in [1.807, 2.05) is 18.7 Å². The zero-order valence-corrected chi connectivity index (χ0v) is 21.7. The van der Waals surface area contributed by atoms with Gasteiger partial charge in [0.05, 0.1) is 0 Å². The van der Waals surface area contributed by atoms with Crippen LogP contribution in [-0.2, 0) is 11.2 Å². The van der Waals surface area contributed by atoms with Gasteiger partial charge in [0, 0.05) is 38.1 Å². The van der Waals surface area contributed by atoms with E-state index in [-0.39, 0.29) is 35.8 Å². The minimum absolute atomic E-state index is 0. The lowest BCUT2D eigenvalue weighted by molar-refractivity contribution is -0.135. The molecule has 1 aromatic carbocycles. The number of carbonyl (C=O) groups excluding carboxylic acids is 1. The molecule has 1 saturated heterocycles. The average Bonchev–Trinajstić information content (AvgIpc) is 2.71. The van der Waals surface area contributed by atoms with Crippen LogP contribution in [0.25, 0.3) is 0 Å². The predicted octanol–water partition coefficient (Wildman–Crippen LogP) is 4.56. The third-order valence-electron chi connectivity index (χ3n) is 5.53. The second-order valence-electron chi connectivity index (χ2n) is 8.66. The highest BCUT2D eigenvalue weighted by molar-refractivity contribution is 14.0. The summed E-state index contributed by atoms with van der Waals surface area (Å²) in [6, 6.07) is 9.35. The molecule has 1 amide bonds. The molecular formula is C24H41IN4O. The van der Waals surface area contributed by atoms with Gasteiger partial charge in [-0.05, 0) is 49.7 Å². The fraction of sp³-hybridized carbons (Fsp3) is 0.667. The summed E-state index contributed by atoms with van der Waals surface area (Å²) < 4.78 is 0. The highest BCUT2D eigenvalue weighted by atomic mass is 127. The van der Waals surface area contributed by atoms with Gasteiger partial charge in [0.1, 0.15) is 0 Å². The van der Waals surface area contributed by atoms with Crippen molar-refractivity contribution in [3.05, 3.63) is 35.4 Å². The van der Waals surface area contributed by atoms with Gasteiger partial charge in [-0.1, -0.05) is 52.0 Å². The van der Waals surface area contributed by atoms with Crippen LogP contribution in [0.1, 0.15) is 70.9 Å². The topological polar surface area (TPSA) is 56.7 Å². The number of amides is 1. The zero-order valence-electron chi connectivity index (χ0n) is 19.4. The normalized spacial score (nSPS) is 15.3. The van der Waals surface area contributed by atoms with Crippen molar-refractivity contribution in [1.82, 2.24) is 15.5 Å². The van der Waals surface area contributed by atoms with Crippen molar-refractivity contribution in [3.63, 3.8) is 0 Å². The van der Waals surface area contributed by atoms with Crippen molar-refractivity contribution >= 4 is 35.8 Å². The molecule has 0 bridgehead atoms. The molecule has 2 N–H and O–H groups in total. The number of nitrogens with one attached hydrogen (secondary N) is 2. The van der Waals surface area contributed by atoms with Gasteiger partial charge < -0.3 is 15.5 Å². The number of aliphatic imine (C=N–C) groups is 1. The third-order valence-corrected chi connectivity index (χ3v) is 5.53. The second kappa shape index (κ2) is 13.9. The maximum atomic E-state index is 12.1. The number of guanidine groups is 1. The van der Waals surface area contributed by atoms with Gasteiger partial charge in [0.15, 0.2) is 5.96 Å². The molecule has 2 rings (SSSR count). The van der Waals surface area contributed by atoms with E-state index in [9.17, 15) is 4.79 Å². The van der Waals surface area contributed by atoms with Crippen molar-refractivity contribution in [1.29, 1.82) is 0 Å². The van der Waals surface area contributed by atoms with Gasteiger partial charge in [0.2, 0.25) is 5.91 Å². The molecule has 1 fully saturated rings. The summed E-state index contributed by atoms with van der Waals surface area (Å²) in [6.45, 7) is 13.8. The maximum absolute atomic E-state index is 12.1. The molecule has 0 saturated carbocycles. The summed E-state index contributed by atoms with van der Waals surface area (Å²) in [7, 11) is 0. The van der Waals surface area contributed by atoms with Gasteiger partial charge >= 0.3 is 0 Å². The monoisotopic (exact) mass is 528 g/mol. The average molecular weight is 529 g/mol. The summed E-state index contributed by atoms with van der Waals surface area (Å²) in [5.41, 5.74) is 2.77. The smallest absolute Gasteiger partial charge is 0.225 e. The van der Waals surface area contributed by atoms with E-state index in [0.717, 1.165) is 57.8 Å². The minimum Gasteiger partial charge on any atom is -0.357 e. The highest BCUT2D eigenvalue weighted by Gasteiger charge is 2.24. The molecular weight excluding hydrogens is 487 g/mol. The lowest BCUT2D eigenvalue weighted by atomic mass is 10.0. The van der Waals surface area contributed by atoms with E-state index >= 15 is 0 Å². The molecule has 6 heteroatoms. The molecule has 170 valence electrons. The molecule has 0 aliphatic carbocycles. The van der Waals surface area contributed by atoms with Crippen LogP contribution in [0.4, 0.5) is 0 Å². The van der Waals surface area contributed by atoms with Gasteiger partial charge in [-0.15, -0.1) is 24.0 Å². The largest absolute Gasteiger partial charge is 0.357 e. The molecule has 0 spiro atoms. The predicted molar refractivity (Wildman–Crippen MR) is 138 cm³/mol. The highest BCUT2D eigenvalue weighted by Crippen LogP contribution is 2.16. The Kier molecular flexibility index (Phi) is 12.4. The van der Waals surface area contributed by atoms with E-state index in [2.05, 4.69) is 55.7 Å². The summed E-state index contributed by atoms with van der Waals surface area (Å²) in [5.74, 6) is 1.83. The first kappa shape index (κ1) is 26.7. The molecule has 1 aliphatic heterocycles. The van der Waals surface area contributed by atoms with Crippen LogP contribution >= 0.6 is 24.0 Å². The number of hydrogen-bond acceptors (Lipinski definition) is 2. The van der Waals surface area contributed by atoms with Crippen LogP contribution in [0.3, 0.4) is 0 Å². The number of aryl methyl sites for hydroxylation is 1. The Hall–Kier alpha value is -1.31. The molecule has 1 aromatic rings. The van der Waals surface area contributed by atoms with Crippen molar-refractivity contribution in [2.24, 2.45) is 10.9 Å². The number of halogens is 1. The Morgan fingerprint density at radius 2 is 1.77 bits per heavy atom. The van der Waals surface area contributed by atoms with Crippen LogP contribution in [0.15, 0.2) is 29.3 Å². The Bertz CT molecular complexity index is 650. The first-order chi connectivity index (χ1) is 13.9. The Labute approximate surface area is 200 Å². The van der Waals surface area contributed by atoms with E-state index in [0.29, 0.717) is 12.0 Å². The van der Waals surface area contributed by atoms with Crippen LogP contribution in [0.2, 0.25) is 0 Å².